The van der Waals surface area contributed by atoms with Crippen molar-refractivity contribution in [3.8, 4) is 0 Å². The summed E-state index contributed by atoms with van der Waals surface area (Å²) < 4.78 is 2.02. The van der Waals surface area contributed by atoms with Gasteiger partial charge in [-0.05, 0) is 53.6 Å². The third-order valence-electron chi connectivity index (χ3n) is 7.25. The van der Waals surface area contributed by atoms with E-state index in [4.69, 9.17) is 0 Å². The molecular formula is C31H35N5O2. The summed E-state index contributed by atoms with van der Waals surface area (Å²) in [5, 5.41) is 1.13. The van der Waals surface area contributed by atoms with E-state index in [0.717, 1.165) is 54.6 Å². The first kappa shape index (κ1) is 25.7. The first-order chi connectivity index (χ1) is 18.6. The van der Waals surface area contributed by atoms with Crippen molar-refractivity contribution >= 4 is 28.4 Å². The minimum Gasteiger partial charge on any atom is -0.338 e. The second-order valence-corrected chi connectivity index (χ2v) is 9.96. The van der Waals surface area contributed by atoms with Gasteiger partial charge in [0.1, 0.15) is 6.54 Å². The predicted molar refractivity (Wildman–Crippen MR) is 151 cm³/mol. The Hall–Kier alpha value is -3.97. The molecule has 0 bridgehead atoms. The van der Waals surface area contributed by atoms with Crippen molar-refractivity contribution in [1.29, 1.82) is 0 Å². The van der Waals surface area contributed by atoms with Gasteiger partial charge in [-0.15, -0.1) is 0 Å². The summed E-state index contributed by atoms with van der Waals surface area (Å²) in [6.07, 6.45) is 7.43. The summed E-state index contributed by atoms with van der Waals surface area (Å²) in [4.78, 5) is 36.9. The molecule has 0 spiro atoms. The van der Waals surface area contributed by atoms with Crippen LogP contribution < -0.4 is 4.90 Å². The van der Waals surface area contributed by atoms with E-state index in [9.17, 15) is 9.59 Å². The molecule has 0 N–H and O–H groups in total. The van der Waals surface area contributed by atoms with Gasteiger partial charge in [0.2, 0.25) is 11.8 Å². The lowest BCUT2D eigenvalue weighted by Gasteiger charge is -2.31. The van der Waals surface area contributed by atoms with Crippen LogP contribution in [0.5, 0.6) is 0 Å². The highest BCUT2D eigenvalue weighted by Crippen LogP contribution is 2.24. The van der Waals surface area contributed by atoms with E-state index >= 15 is 0 Å². The van der Waals surface area contributed by atoms with E-state index in [0.29, 0.717) is 19.6 Å². The van der Waals surface area contributed by atoms with E-state index in [1.807, 2.05) is 69.2 Å². The molecule has 0 saturated heterocycles. The van der Waals surface area contributed by atoms with Crippen LogP contribution >= 0.6 is 0 Å². The fourth-order valence-electron chi connectivity index (χ4n) is 5.33. The van der Waals surface area contributed by atoms with Gasteiger partial charge < -0.3 is 14.4 Å². The number of aromatic nitrogens is 2. The van der Waals surface area contributed by atoms with Crippen LogP contribution in [0.4, 0.5) is 5.69 Å². The molecule has 1 aliphatic rings. The Morgan fingerprint density at radius 1 is 0.868 bits per heavy atom. The van der Waals surface area contributed by atoms with Gasteiger partial charge in [-0.2, -0.15) is 0 Å². The molecule has 2 aromatic carbocycles. The number of amides is 2. The molecule has 5 rings (SSSR count). The number of carbonyl (C=O) groups excluding carboxylic acids is 2. The normalized spacial score (nSPS) is 15.5. The largest absolute Gasteiger partial charge is 0.338 e. The van der Waals surface area contributed by atoms with Crippen molar-refractivity contribution in [2.24, 2.45) is 0 Å². The summed E-state index contributed by atoms with van der Waals surface area (Å²) in [5.41, 5.74) is 4.12. The van der Waals surface area contributed by atoms with E-state index in [1.54, 1.807) is 13.1 Å². The monoisotopic (exact) mass is 509 g/mol. The molecule has 0 aliphatic carbocycles. The number of para-hydroxylation sites is 2. The lowest BCUT2D eigenvalue weighted by Crippen LogP contribution is -2.39. The molecule has 7 nitrogen and oxygen atoms in total. The highest BCUT2D eigenvalue weighted by molar-refractivity contribution is 5.92. The van der Waals surface area contributed by atoms with Crippen molar-refractivity contribution in [3.63, 3.8) is 0 Å². The number of rotatable bonds is 4. The summed E-state index contributed by atoms with van der Waals surface area (Å²) in [6.45, 7) is 6.20. The molecule has 0 unspecified atom stereocenters. The minimum absolute atomic E-state index is 0.0185. The Balaban J connectivity index is 1.41. The highest BCUT2D eigenvalue weighted by atomic mass is 16.2. The lowest BCUT2D eigenvalue weighted by molar-refractivity contribution is -0.132. The van der Waals surface area contributed by atoms with Crippen LogP contribution in [0.15, 0.2) is 85.3 Å². The number of hydrogen-bond donors (Lipinski definition) is 0. The Morgan fingerprint density at radius 3 is 2.47 bits per heavy atom. The molecule has 7 heteroatoms. The molecule has 2 amide bonds. The number of benzene rings is 2. The molecule has 0 fully saturated rings. The predicted octanol–water partition coefficient (Wildman–Crippen LogP) is 4.71. The van der Waals surface area contributed by atoms with Crippen LogP contribution in [0.2, 0.25) is 0 Å². The zero-order chi connectivity index (χ0) is 26.3. The number of carbonyl (C=O) groups is 2. The van der Waals surface area contributed by atoms with Gasteiger partial charge >= 0.3 is 0 Å². The van der Waals surface area contributed by atoms with Gasteiger partial charge in [0.25, 0.3) is 0 Å². The van der Waals surface area contributed by atoms with E-state index in [-0.39, 0.29) is 18.4 Å². The van der Waals surface area contributed by atoms with Crippen molar-refractivity contribution in [2.45, 2.75) is 39.4 Å². The van der Waals surface area contributed by atoms with Gasteiger partial charge in [0.15, 0.2) is 0 Å². The molecule has 0 atom stereocenters. The smallest absolute Gasteiger partial charge is 0.242 e. The average Bonchev–Trinajstić information content (AvgIpc) is 3.33. The first-order valence-electron chi connectivity index (χ1n) is 13.4. The Morgan fingerprint density at radius 2 is 1.66 bits per heavy atom. The van der Waals surface area contributed by atoms with Crippen molar-refractivity contribution in [3.05, 3.63) is 96.4 Å². The van der Waals surface area contributed by atoms with Crippen LogP contribution in [0.3, 0.4) is 0 Å². The average molecular weight is 510 g/mol. The number of pyridine rings is 1. The zero-order valence-electron chi connectivity index (χ0n) is 22.0. The van der Waals surface area contributed by atoms with Crippen LogP contribution in [0, 0.1) is 0 Å². The highest BCUT2D eigenvalue weighted by Gasteiger charge is 2.22. The quantitative estimate of drug-likeness (QED) is 0.400. The molecule has 38 heavy (non-hydrogen) atoms. The van der Waals surface area contributed by atoms with Crippen LogP contribution in [-0.2, 0) is 29.2 Å². The van der Waals surface area contributed by atoms with Crippen LogP contribution in [0.25, 0.3) is 10.9 Å². The first-order valence-corrected chi connectivity index (χ1v) is 13.4. The number of anilines is 1. The molecule has 2 aromatic heterocycles. The SMILES string of the molecule is CC(=O)N1CCCN(Cc2cccnc2)CCCN(C(=O)Cn2ccc3ccccc32)Cc2ccccc21. The molecule has 0 saturated carbocycles. The number of hydrogen-bond acceptors (Lipinski definition) is 4. The van der Waals surface area contributed by atoms with Gasteiger partial charge in [-0.3, -0.25) is 19.5 Å². The zero-order valence-corrected chi connectivity index (χ0v) is 22.0. The van der Waals surface area contributed by atoms with Crippen molar-refractivity contribution in [2.75, 3.05) is 31.1 Å². The molecular weight excluding hydrogens is 474 g/mol. The van der Waals surface area contributed by atoms with Crippen LogP contribution in [-0.4, -0.2) is 57.3 Å². The van der Waals surface area contributed by atoms with E-state index in [1.165, 1.54) is 5.56 Å². The molecule has 0 radical (unpaired) electrons. The van der Waals surface area contributed by atoms with E-state index < -0.39 is 0 Å². The minimum atomic E-state index is 0.0185. The van der Waals surface area contributed by atoms with Gasteiger partial charge in [-0.1, -0.05) is 42.5 Å². The summed E-state index contributed by atoms with van der Waals surface area (Å²) in [7, 11) is 0. The molecule has 196 valence electrons. The maximum atomic E-state index is 13.7. The fourth-order valence-corrected chi connectivity index (χ4v) is 5.33. The maximum absolute atomic E-state index is 13.7. The summed E-state index contributed by atoms with van der Waals surface area (Å²) >= 11 is 0. The third kappa shape index (κ3) is 6.11. The van der Waals surface area contributed by atoms with Crippen molar-refractivity contribution in [1.82, 2.24) is 19.4 Å². The maximum Gasteiger partial charge on any atom is 0.242 e. The topological polar surface area (TPSA) is 61.7 Å². The van der Waals surface area contributed by atoms with E-state index in [2.05, 4.69) is 34.1 Å². The van der Waals surface area contributed by atoms with Gasteiger partial charge in [0, 0.05) is 76.0 Å². The second-order valence-electron chi connectivity index (χ2n) is 9.96. The lowest BCUT2D eigenvalue weighted by atomic mass is 10.1. The fraction of sp³-hybridized carbons (Fsp3) is 0.323. The Bertz CT molecular complexity index is 1380. The molecule has 4 aromatic rings. The standard InChI is InChI=1S/C31H35N5O2/c1-25(37)36-19-8-17-33(22-26-9-6-15-32-21-26)16-7-18-35(23-28-11-3-5-13-30(28)36)31(38)24-34-20-14-27-10-2-4-12-29(27)34/h2-6,9-15,20-21H,7-8,16-19,22-24H2,1H3. The Kier molecular flexibility index (Phi) is 8.14. The molecule has 3 heterocycles. The number of fused-ring (bicyclic) bond motifs is 2. The summed E-state index contributed by atoms with van der Waals surface area (Å²) in [5.74, 6) is 0.0939. The Labute approximate surface area is 224 Å². The van der Waals surface area contributed by atoms with Gasteiger partial charge in [0.05, 0.1) is 0 Å². The second kappa shape index (κ2) is 12.0. The van der Waals surface area contributed by atoms with Gasteiger partial charge in [-0.25, -0.2) is 0 Å². The number of nitrogens with zero attached hydrogens (tertiary/aromatic N) is 5. The summed E-state index contributed by atoms with van der Waals surface area (Å²) in [6, 6.07) is 22.2. The van der Waals surface area contributed by atoms with Crippen molar-refractivity contribution < 1.29 is 9.59 Å². The molecule has 1 aliphatic heterocycles. The van der Waals surface area contributed by atoms with Crippen LogP contribution in [0.1, 0.15) is 30.9 Å². The third-order valence-corrected chi connectivity index (χ3v) is 7.25.